The van der Waals surface area contributed by atoms with Crippen LogP contribution in [0.15, 0.2) is 24.3 Å². The van der Waals surface area contributed by atoms with Crippen molar-refractivity contribution in [1.82, 2.24) is 5.32 Å². The lowest BCUT2D eigenvalue weighted by molar-refractivity contribution is 0.0599. The van der Waals surface area contributed by atoms with Gasteiger partial charge in [-0.25, -0.2) is 4.79 Å². The van der Waals surface area contributed by atoms with Crippen LogP contribution in [-0.2, 0) is 16.0 Å². The number of nitrogens with one attached hydrogen (secondary N) is 1. The van der Waals surface area contributed by atoms with E-state index < -0.39 is 0 Å². The van der Waals surface area contributed by atoms with Gasteiger partial charge in [-0.1, -0.05) is 31.5 Å². The Hall–Kier alpha value is -1.39. The van der Waals surface area contributed by atoms with Crippen molar-refractivity contribution in [3.8, 4) is 0 Å². The van der Waals surface area contributed by atoms with Gasteiger partial charge in [0.1, 0.15) is 0 Å². The summed E-state index contributed by atoms with van der Waals surface area (Å²) in [6.45, 7) is 3.46. The Labute approximate surface area is 115 Å². The number of hydrogen-bond acceptors (Lipinski definition) is 4. The van der Waals surface area contributed by atoms with Crippen LogP contribution in [0, 0.1) is 0 Å². The van der Waals surface area contributed by atoms with Gasteiger partial charge in [0, 0.05) is 19.7 Å². The number of carbonyl (C=O) groups is 1. The fourth-order valence-electron chi connectivity index (χ4n) is 2.03. The molecule has 1 aromatic carbocycles. The molecule has 0 radical (unpaired) electrons. The molecule has 0 aliphatic rings. The molecule has 0 saturated carbocycles. The summed E-state index contributed by atoms with van der Waals surface area (Å²) >= 11 is 0. The topological polar surface area (TPSA) is 47.6 Å². The van der Waals surface area contributed by atoms with Gasteiger partial charge < -0.3 is 14.8 Å². The molecule has 0 aliphatic heterocycles. The molecular weight excluding hydrogens is 242 g/mol. The average molecular weight is 265 g/mol. The third-order valence-corrected chi connectivity index (χ3v) is 3.01. The summed E-state index contributed by atoms with van der Waals surface area (Å²) in [4.78, 5) is 11.7. The third kappa shape index (κ3) is 5.01. The number of rotatable bonds is 8. The van der Waals surface area contributed by atoms with Crippen molar-refractivity contribution in [3.63, 3.8) is 0 Å². The summed E-state index contributed by atoms with van der Waals surface area (Å²) in [6.07, 6.45) is 2.15. The molecule has 0 aromatic heterocycles. The van der Waals surface area contributed by atoms with E-state index in [1.165, 1.54) is 7.11 Å². The number of ether oxygens (including phenoxy) is 2. The summed E-state index contributed by atoms with van der Waals surface area (Å²) < 4.78 is 9.98. The number of methoxy groups -OCH3 is 2. The number of carbonyl (C=O) groups excluding carboxylic acids is 1. The molecule has 1 N–H and O–H groups in total. The summed E-state index contributed by atoms with van der Waals surface area (Å²) in [6, 6.07) is 7.80. The van der Waals surface area contributed by atoms with Crippen molar-refractivity contribution in [2.75, 3.05) is 20.8 Å². The van der Waals surface area contributed by atoms with Gasteiger partial charge in [0.05, 0.1) is 19.3 Å². The Balaban J connectivity index is 2.68. The third-order valence-electron chi connectivity index (χ3n) is 3.01. The van der Waals surface area contributed by atoms with Crippen LogP contribution in [0.1, 0.15) is 35.7 Å². The standard InChI is InChI=1S/C15H23NO3/c1-4-7-13(11-18-2)16-10-12-8-5-6-9-14(12)15(17)19-3/h5-6,8-9,13,16H,4,7,10-11H2,1-3H3. The van der Waals surface area contributed by atoms with E-state index in [9.17, 15) is 4.79 Å². The first-order valence-electron chi connectivity index (χ1n) is 6.61. The van der Waals surface area contributed by atoms with Crippen molar-refractivity contribution in [3.05, 3.63) is 35.4 Å². The van der Waals surface area contributed by atoms with E-state index in [0.717, 1.165) is 18.4 Å². The highest BCUT2D eigenvalue weighted by molar-refractivity contribution is 5.90. The predicted molar refractivity (Wildman–Crippen MR) is 75.2 cm³/mol. The first-order valence-corrected chi connectivity index (χ1v) is 6.61. The number of benzene rings is 1. The minimum Gasteiger partial charge on any atom is -0.465 e. The van der Waals surface area contributed by atoms with E-state index in [-0.39, 0.29) is 5.97 Å². The summed E-state index contributed by atoms with van der Waals surface area (Å²) in [5.41, 5.74) is 1.57. The molecule has 19 heavy (non-hydrogen) atoms. The molecule has 0 amide bonds. The van der Waals surface area contributed by atoms with Gasteiger partial charge in [-0.2, -0.15) is 0 Å². The molecule has 0 aliphatic carbocycles. The van der Waals surface area contributed by atoms with Crippen LogP contribution >= 0.6 is 0 Å². The highest BCUT2D eigenvalue weighted by Gasteiger charge is 2.12. The SMILES string of the molecule is CCCC(COC)NCc1ccccc1C(=O)OC. The van der Waals surface area contributed by atoms with Crippen molar-refractivity contribution in [1.29, 1.82) is 0 Å². The molecule has 4 nitrogen and oxygen atoms in total. The Morgan fingerprint density at radius 1 is 1.32 bits per heavy atom. The minimum atomic E-state index is -0.295. The highest BCUT2D eigenvalue weighted by Crippen LogP contribution is 2.10. The Bertz CT molecular complexity index is 387. The predicted octanol–water partition coefficient (Wildman–Crippen LogP) is 2.38. The Morgan fingerprint density at radius 3 is 2.68 bits per heavy atom. The van der Waals surface area contributed by atoms with E-state index in [1.54, 1.807) is 13.2 Å². The van der Waals surface area contributed by atoms with E-state index in [4.69, 9.17) is 9.47 Å². The normalized spacial score (nSPS) is 12.2. The lowest BCUT2D eigenvalue weighted by Crippen LogP contribution is -2.33. The van der Waals surface area contributed by atoms with Gasteiger partial charge in [-0.05, 0) is 18.1 Å². The van der Waals surface area contributed by atoms with Crippen LogP contribution in [0.5, 0.6) is 0 Å². The average Bonchev–Trinajstić information content (AvgIpc) is 2.44. The molecule has 1 unspecified atom stereocenters. The molecule has 0 spiro atoms. The monoisotopic (exact) mass is 265 g/mol. The number of hydrogen-bond donors (Lipinski definition) is 1. The molecule has 0 heterocycles. The molecule has 1 aromatic rings. The Kier molecular flexibility index (Phi) is 7.15. The fraction of sp³-hybridized carbons (Fsp3) is 0.533. The second-order valence-electron chi connectivity index (χ2n) is 4.47. The van der Waals surface area contributed by atoms with E-state index in [1.807, 2.05) is 18.2 Å². The van der Waals surface area contributed by atoms with E-state index >= 15 is 0 Å². The van der Waals surface area contributed by atoms with Crippen LogP contribution < -0.4 is 5.32 Å². The maximum absolute atomic E-state index is 11.7. The molecule has 0 bridgehead atoms. The molecule has 0 saturated heterocycles. The molecular formula is C15H23NO3. The minimum absolute atomic E-state index is 0.295. The van der Waals surface area contributed by atoms with E-state index in [2.05, 4.69) is 12.2 Å². The van der Waals surface area contributed by atoms with Crippen molar-refractivity contribution in [2.45, 2.75) is 32.4 Å². The summed E-state index contributed by atoms with van der Waals surface area (Å²) in [5, 5.41) is 3.42. The van der Waals surface area contributed by atoms with E-state index in [0.29, 0.717) is 24.8 Å². The van der Waals surface area contributed by atoms with Gasteiger partial charge >= 0.3 is 5.97 Å². The zero-order valence-electron chi connectivity index (χ0n) is 11.9. The van der Waals surface area contributed by atoms with Crippen LogP contribution in [0.3, 0.4) is 0 Å². The van der Waals surface area contributed by atoms with Crippen LogP contribution in [-0.4, -0.2) is 32.8 Å². The second-order valence-corrected chi connectivity index (χ2v) is 4.47. The maximum Gasteiger partial charge on any atom is 0.338 e. The fourth-order valence-corrected chi connectivity index (χ4v) is 2.03. The first-order chi connectivity index (χ1) is 9.22. The molecule has 106 valence electrons. The maximum atomic E-state index is 11.7. The molecule has 0 fully saturated rings. The lowest BCUT2D eigenvalue weighted by Gasteiger charge is -2.18. The molecule has 4 heteroatoms. The van der Waals surface area contributed by atoms with Crippen LogP contribution in [0.2, 0.25) is 0 Å². The number of esters is 1. The van der Waals surface area contributed by atoms with Crippen LogP contribution in [0.4, 0.5) is 0 Å². The summed E-state index contributed by atoms with van der Waals surface area (Å²) in [7, 11) is 3.10. The smallest absolute Gasteiger partial charge is 0.338 e. The van der Waals surface area contributed by atoms with Crippen molar-refractivity contribution < 1.29 is 14.3 Å². The largest absolute Gasteiger partial charge is 0.465 e. The van der Waals surface area contributed by atoms with Crippen molar-refractivity contribution in [2.24, 2.45) is 0 Å². The lowest BCUT2D eigenvalue weighted by atomic mass is 10.1. The quantitative estimate of drug-likeness (QED) is 0.733. The molecule has 1 rings (SSSR count). The van der Waals surface area contributed by atoms with Crippen molar-refractivity contribution >= 4 is 5.97 Å². The van der Waals surface area contributed by atoms with Gasteiger partial charge in [-0.15, -0.1) is 0 Å². The molecule has 1 atom stereocenters. The second kappa shape index (κ2) is 8.67. The zero-order chi connectivity index (χ0) is 14.1. The Morgan fingerprint density at radius 2 is 2.05 bits per heavy atom. The van der Waals surface area contributed by atoms with Crippen LogP contribution in [0.25, 0.3) is 0 Å². The van der Waals surface area contributed by atoms with Gasteiger partial charge in [0.25, 0.3) is 0 Å². The first kappa shape index (κ1) is 15.7. The van der Waals surface area contributed by atoms with Gasteiger partial charge in [0.15, 0.2) is 0 Å². The summed E-state index contributed by atoms with van der Waals surface area (Å²) in [5.74, 6) is -0.295. The van der Waals surface area contributed by atoms with Gasteiger partial charge in [0.2, 0.25) is 0 Å². The van der Waals surface area contributed by atoms with Gasteiger partial charge in [-0.3, -0.25) is 0 Å². The highest BCUT2D eigenvalue weighted by atomic mass is 16.5. The zero-order valence-corrected chi connectivity index (χ0v) is 11.9.